The number of aliphatic carboxylic acids is 1. The number of quaternary nitrogens is 1. The molecule has 1 unspecified atom stereocenters. The highest BCUT2D eigenvalue weighted by Gasteiger charge is 2.13. The summed E-state index contributed by atoms with van der Waals surface area (Å²) in [5, 5.41) is 12.1. The molecular weight excluding hydrogens is 400 g/mol. The Labute approximate surface area is 200 Å². The number of nitrogens with one attached hydrogen (secondary N) is 1. The van der Waals surface area contributed by atoms with Crippen molar-refractivity contribution in [1.29, 1.82) is 0 Å². The lowest BCUT2D eigenvalue weighted by atomic mass is 10.1. The second-order valence-corrected chi connectivity index (χ2v) is 10.1. The van der Waals surface area contributed by atoms with Crippen molar-refractivity contribution in [3.63, 3.8) is 0 Å². The van der Waals surface area contributed by atoms with Crippen LogP contribution < -0.4 is 10.4 Å². The first-order valence-electron chi connectivity index (χ1n) is 13.5. The van der Waals surface area contributed by atoms with E-state index in [-0.39, 0.29) is 5.91 Å². The normalized spacial score (nSPS) is 12.1. The van der Waals surface area contributed by atoms with E-state index in [2.05, 4.69) is 33.3 Å². The molecule has 0 saturated heterocycles. The van der Waals surface area contributed by atoms with Crippen LogP contribution in [-0.4, -0.2) is 49.6 Å². The summed E-state index contributed by atoms with van der Waals surface area (Å²) in [6, 6.07) is -0.900. The molecule has 1 amide bonds. The number of hydrogen-bond acceptors (Lipinski definition) is 3. The molecule has 0 aliphatic rings. The number of hydrogen-bond donors (Lipinski definition) is 1. The van der Waals surface area contributed by atoms with Crippen LogP contribution in [0.4, 0.5) is 0 Å². The van der Waals surface area contributed by atoms with Crippen LogP contribution >= 0.6 is 0 Å². The fourth-order valence-electron chi connectivity index (χ4n) is 3.82. The first-order chi connectivity index (χ1) is 15.2. The van der Waals surface area contributed by atoms with Crippen LogP contribution in [0.2, 0.25) is 0 Å². The van der Waals surface area contributed by atoms with Gasteiger partial charge >= 0.3 is 0 Å². The van der Waals surface area contributed by atoms with Gasteiger partial charge in [0.25, 0.3) is 0 Å². The molecule has 192 valence electrons. The van der Waals surface area contributed by atoms with Crippen LogP contribution in [0.25, 0.3) is 0 Å². The van der Waals surface area contributed by atoms with Crippen molar-refractivity contribution in [2.24, 2.45) is 0 Å². The molecule has 0 aromatic heterocycles. The molecule has 0 saturated carbocycles. The predicted molar refractivity (Wildman–Crippen MR) is 135 cm³/mol. The molecule has 5 heteroatoms. The first kappa shape index (κ1) is 33.1. The third kappa shape index (κ3) is 26.9. The maximum atomic E-state index is 10.2. The van der Waals surface area contributed by atoms with Crippen LogP contribution in [0.5, 0.6) is 0 Å². The summed E-state index contributed by atoms with van der Waals surface area (Å²) >= 11 is 0. The zero-order chi connectivity index (χ0) is 24.7. The third-order valence-corrected chi connectivity index (χ3v) is 6.01. The van der Waals surface area contributed by atoms with Gasteiger partial charge in [-0.25, -0.2) is 0 Å². The molecule has 0 radical (unpaired) electrons. The summed E-state index contributed by atoms with van der Waals surface area (Å²) in [6.07, 6.45) is 23.0. The molecule has 0 aromatic carbocycles. The average Bonchev–Trinajstić information content (AvgIpc) is 2.72. The largest absolute Gasteiger partial charge is 0.548 e. The monoisotopic (exact) mass is 456 g/mol. The molecule has 0 rings (SSSR count). The highest BCUT2D eigenvalue weighted by atomic mass is 16.4. The van der Waals surface area contributed by atoms with Crippen LogP contribution in [0, 0.1) is 0 Å². The zero-order valence-corrected chi connectivity index (χ0v) is 22.5. The molecule has 0 heterocycles. The van der Waals surface area contributed by atoms with Gasteiger partial charge in [0.15, 0.2) is 0 Å². The summed E-state index contributed by atoms with van der Waals surface area (Å²) < 4.78 is 1.24. The summed E-state index contributed by atoms with van der Waals surface area (Å²) in [6.45, 7) is 9.95. The Morgan fingerprint density at radius 1 is 0.688 bits per heavy atom. The lowest BCUT2D eigenvalue weighted by Gasteiger charge is -2.30. The van der Waals surface area contributed by atoms with Gasteiger partial charge in [0.1, 0.15) is 0 Å². The number of rotatable bonds is 20. The number of amides is 1. The predicted octanol–water partition coefficient (Wildman–Crippen LogP) is 5.61. The molecular formula is C27H56N2O3. The molecule has 0 aliphatic carbocycles. The minimum Gasteiger partial charge on any atom is -0.548 e. The van der Waals surface area contributed by atoms with E-state index >= 15 is 0 Å². The van der Waals surface area contributed by atoms with E-state index < -0.39 is 12.0 Å². The molecule has 32 heavy (non-hydrogen) atoms. The van der Waals surface area contributed by atoms with Crippen LogP contribution in [0.1, 0.15) is 130 Å². The summed E-state index contributed by atoms with van der Waals surface area (Å²) in [4.78, 5) is 20.1. The minimum atomic E-state index is -1.27. The van der Waals surface area contributed by atoms with Gasteiger partial charge in [-0.15, -0.1) is 0 Å². The van der Waals surface area contributed by atoms with Crippen molar-refractivity contribution in [3.05, 3.63) is 0 Å². The molecule has 0 spiro atoms. The van der Waals surface area contributed by atoms with Gasteiger partial charge in [-0.1, -0.05) is 90.9 Å². The van der Waals surface area contributed by atoms with Crippen molar-refractivity contribution in [2.45, 2.75) is 136 Å². The van der Waals surface area contributed by atoms with Crippen molar-refractivity contribution in [3.8, 4) is 0 Å². The second kappa shape index (κ2) is 23.1. The first-order valence-corrected chi connectivity index (χ1v) is 13.5. The number of carboxylic acid groups (broad SMARTS) is 1. The number of carboxylic acids is 1. The summed E-state index contributed by atoms with van der Waals surface area (Å²) in [5.41, 5.74) is 0. The molecule has 0 bridgehead atoms. The zero-order valence-electron chi connectivity index (χ0n) is 22.5. The Morgan fingerprint density at radius 3 is 1.25 bits per heavy atom. The Balaban J connectivity index is 0. The Bertz CT molecular complexity index is 417. The molecule has 0 aromatic rings. The van der Waals surface area contributed by atoms with Gasteiger partial charge in [0.05, 0.1) is 39.2 Å². The topological polar surface area (TPSA) is 69.2 Å². The SMILES string of the molecule is CC(=O)NC(C)C(=O)[O-].CCCCCCCCCC[N+](C)(C)CCCCCCCCCC. The van der Waals surface area contributed by atoms with E-state index in [4.69, 9.17) is 0 Å². The van der Waals surface area contributed by atoms with Crippen LogP contribution in [0.15, 0.2) is 0 Å². The van der Waals surface area contributed by atoms with E-state index in [1.165, 1.54) is 134 Å². The van der Waals surface area contributed by atoms with Gasteiger partial charge in [0.2, 0.25) is 5.91 Å². The second-order valence-electron chi connectivity index (χ2n) is 10.1. The fraction of sp³-hybridized carbons (Fsp3) is 0.926. The van der Waals surface area contributed by atoms with Gasteiger partial charge in [-0.05, 0) is 32.6 Å². The van der Waals surface area contributed by atoms with Crippen LogP contribution in [-0.2, 0) is 9.59 Å². The van der Waals surface area contributed by atoms with Gasteiger partial charge in [-0.2, -0.15) is 0 Å². The van der Waals surface area contributed by atoms with Crippen molar-refractivity contribution >= 4 is 11.9 Å². The van der Waals surface area contributed by atoms with E-state index in [0.29, 0.717) is 0 Å². The van der Waals surface area contributed by atoms with E-state index in [1.807, 2.05) is 0 Å². The number of carbonyl (C=O) groups excluding carboxylic acids is 2. The molecule has 1 N–H and O–H groups in total. The van der Waals surface area contributed by atoms with E-state index in [1.54, 1.807) is 0 Å². The smallest absolute Gasteiger partial charge is 0.217 e. The minimum absolute atomic E-state index is 0.369. The van der Waals surface area contributed by atoms with E-state index in [9.17, 15) is 14.7 Å². The van der Waals surface area contributed by atoms with Crippen LogP contribution in [0.3, 0.4) is 0 Å². The fourth-order valence-corrected chi connectivity index (χ4v) is 3.82. The Kier molecular flexibility index (Phi) is 23.8. The quantitative estimate of drug-likeness (QED) is 0.191. The summed E-state index contributed by atoms with van der Waals surface area (Å²) in [7, 11) is 4.87. The van der Waals surface area contributed by atoms with Crippen molar-refractivity contribution < 1.29 is 19.2 Å². The maximum absolute atomic E-state index is 10.2. The van der Waals surface area contributed by atoms with Gasteiger partial charge in [0, 0.05) is 6.92 Å². The molecule has 0 fully saturated rings. The number of unbranched alkanes of at least 4 members (excludes halogenated alkanes) is 14. The standard InChI is InChI=1S/C22H48N.C5H9NO3/c1-5-7-9-11-13-15-17-19-21-23(3,4)22-20-18-16-14-12-10-8-6-2;1-3(5(8)9)6-4(2)7/h5-22H2,1-4H3;3H,1-2H3,(H,6,7)(H,8,9)/q+1;/p-1. The van der Waals surface area contributed by atoms with E-state index in [0.717, 1.165) is 0 Å². The number of nitrogens with zero attached hydrogens (tertiary/aromatic N) is 1. The van der Waals surface area contributed by atoms with Crippen molar-refractivity contribution in [2.75, 3.05) is 27.2 Å². The molecule has 5 nitrogen and oxygen atoms in total. The third-order valence-electron chi connectivity index (χ3n) is 6.01. The lowest BCUT2D eigenvalue weighted by molar-refractivity contribution is -0.890. The van der Waals surface area contributed by atoms with Gasteiger partial charge < -0.3 is 19.7 Å². The van der Waals surface area contributed by atoms with Crippen molar-refractivity contribution in [1.82, 2.24) is 5.32 Å². The maximum Gasteiger partial charge on any atom is 0.217 e. The Morgan fingerprint density at radius 2 is 1.00 bits per heavy atom. The average molecular weight is 457 g/mol. The lowest BCUT2D eigenvalue weighted by Crippen LogP contribution is -2.45. The summed E-state index contributed by atoms with van der Waals surface area (Å²) in [5.74, 6) is -1.64. The molecule has 1 atom stereocenters. The highest BCUT2D eigenvalue weighted by molar-refractivity contribution is 5.80. The highest BCUT2D eigenvalue weighted by Crippen LogP contribution is 2.13. The van der Waals surface area contributed by atoms with Gasteiger partial charge in [-0.3, -0.25) is 4.79 Å². The Hall–Kier alpha value is -1.10. The molecule has 0 aliphatic heterocycles. The number of carbonyl (C=O) groups is 2.